The maximum Gasteiger partial charge on any atom is 0.138 e. The minimum absolute atomic E-state index is 0.161. The van der Waals surface area contributed by atoms with Gasteiger partial charge in [-0.25, -0.2) is 4.39 Å². The molecule has 2 aromatic rings. The highest BCUT2D eigenvalue weighted by Gasteiger charge is 2.05. The first kappa shape index (κ1) is 12.4. The van der Waals surface area contributed by atoms with Gasteiger partial charge in [-0.3, -0.25) is 0 Å². The van der Waals surface area contributed by atoms with E-state index in [4.69, 9.17) is 16.3 Å². The summed E-state index contributed by atoms with van der Waals surface area (Å²) in [6.07, 6.45) is 0. The molecule has 0 aliphatic carbocycles. The third-order valence-corrected chi connectivity index (χ3v) is 3.02. The van der Waals surface area contributed by atoms with Gasteiger partial charge in [-0.05, 0) is 24.3 Å². The molecule has 0 fully saturated rings. The van der Waals surface area contributed by atoms with E-state index in [1.165, 1.54) is 6.07 Å². The Bertz CT molecular complexity index is 531. The maximum atomic E-state index is 13.3. The molecule has 0 aliphatic rings. The molecule has 2 rings (SSSR count). The maximum absolute atomic E-state index is 13.3. The van der Waals surface area contributed by atoms with Crippen LogP contribution < -0.4 is 4.74 Å². The lowest BCUT2D eigenvalue weighted by Gasteiger charge is -2.08. The summed E-state index contributed by atoms with van der Waals surface area (Å²) in [6.45, 7) is 0.161. The number of rotatable bonds is 3. The number of hydrogen-bond donors (Lipinski definition) is 0. The quantitative estimate of drug-likeness (QED) is 0.789. The Kier molecular flexibility index (Phi) is 4.02. The van der Waals surface area contributed by atoms with Gasteiger partial charge >= 0.3 is 0 Å². The van der Waals surface area contributed by atoms with Crippen molar-refractivity contribution in [2.24, 2.45) is 0 Å². The van der Waals surface area contributed by atoms with Gasteiger partial charge in [-0.1, -0.05) is 45.7 Å². The number of ether oxygens (including phenoxy) is 1. The number of halogens is 3. The Morgan fingerprint density at radius 3 is 2.65 bits per heavy atom. The van der Waals surface area contributed by atoms with Crippen molar-refractivity contribution in [3.8, 4) is 5.75 Å². The molecule has 0 aliphatic heterocycles. The van der Waals surface area contributed by atoms with Gasteiger partial charge in [0.15, 0.2) is 0 Å². The van der Waals surface area contributed by atoms with Gasteiger partial charge in [0, 0.05) is 10.0 Å². The van der Waals surface area contributed by atoms with Gasteiger partial charge in [0.2, 0.25) is 0 Å². The van der Waals surface area contributed by atoms with Crippen LogP contribution in [0.1, 0.15) is 5.56 Å². The summed E-state index contributed by atoms with van der Waals surface area (Å²) in [5, 5.41) is 0.496. The Labute approximate surface area is 112 Å². The lowest BCUT2D eigenvalue weighted by molar-refractivity contribution is 0.300. The van der Waals surface area contributed by atoms with E-state index in [0.717, 1.165) is 4.47 Å². The first-order valence-corrected chi connectivity index (χ1v) is 6.15. The van der Waals surface area contributed by atoms with Crippen molar-refractivity contribution in [2.75, 3.05) is 0 Å². The molecule has 2 aromatic carbocycles. The Hall–Kier alpha value is -1.06. The van der Waals surface area contributed by atoms with E-state index in [2.05, 4.69) is 15.9 Å². The molecule has 88 valence electrons. The molecule has 4 heteroatoms. The average molecular weight is 316 g/mol. The van der Waals surface area contributed by atoms with Crippen LogP contribution in [0.4, 0.5) is 4.39 Å². The van der Waals surface area contributed by atoms with Gasteiger partial charge in [-0.2, -0.15) is 0 Å². The second-order valence-electron chi connectivity index (χ2n) is 3.45. The second kappa shape index (κ2) is 5.52. The SMILES string of the molecule is Fc1ccccc1COc1ccc(Br)cc1Cl. The fraction of sp³-hybridized carbons (Fsp3) is 0.0769. The van der Waals surface area contributed by atoms with Gasteiger partial charge in [0.05, 0.1) is 5.02 Å². The third kappa shape index (κ3) is 3.20. The molecule has 0 atom stereocenters. The Morgan fingerprint density at radius 1 is 1.18 bits per heavy atom. The predicted octanol–water partition coefficient (Wildman–Crippen LogP) is 4.82. The van der Waals surface area contributed by atoms with Gasteiger partial charge in [0.1, 0.15) is 18.2 Å². The summed E-state index contributed by atoms with van der Waals surface area (Å²) >= 11 is 9.29. The zero-order valence-electron chi connectivity index (χ0n) is 8.79. The highest BCUT2D eigenvalue weighted by atomic mass is 79.9. The molecule has 0 bridgehead atoms. The summed E-state index contributed by atoms with van der Waals surface area (Å²) in [6, 6.07) is 11.8. The summed E-state index contributed by atoms with van der Waals surface area (Å²) < 4.78 is 19.7. The second-order valence-corrected chi connectivity index (χ2v) is 4.78. The smallest absolute Gasteiger partial charge is 0.138 e. The average Bonchev–Trinajstić information content (AvgIpc) is 2.30. The topological polar surface area (TPSA) is 9.23 Å². The third-order valence-electron chi connectivity index (χ3n) is 2.23. The molecule has 0 saturated carbocycles. The van der Waals surface area contributed by atoms with Crippen LogP contribution in [0.5, 0.6) is 5.75 Å². The minimum Gasteiger partial charge on any atom is -0.487 e. The summed E-state index contributed by atoms with van der Waals surface area (Å²) in [5.41, 5.74) is 0.506. The molecule has 0 N–H and O–H groups in total. The highest BCUT2D eigenvalue weighted by molar-refractivity contribution is 9.10. The zero-order valence-corrected chi connectivity index (χ0v) is 11.1. The van der Waals surface area contributed by atoms with Crippen molar-refractivity contribution in [2.45, 2.75) is 6.61 Å². The first-order valence-electron chi connectivity index (χ1n) is 4.98. The van der Waals surface area contributed by atoms with Crippen molar-refractivity contribution in [3.05, 3.63) is 63.3 Å². The largest absolute Gasteiger partial charge is 0.487 e. The fourth-order valence-electron chi connectivity index (χ4n) is 1.36. The minimum atomic E-state index is -0.277. The Balaban J connectivity index is 2.10. The van der Waals surface area contributed by atoms with Gasteiger partial charge < -0.3 is 4.74 Å². The van der Waals surface area contributed by atoms with Crippen molar-refractivity contribution < 1.29 is 9.13 Å². The molecule has 0 aromatic heterocycles. The molecule has 17 heavy (non-hydrogen) atoms. The molecule has 0 radical (unpaired) electrons. The van der Waals surface area contributed by atoms with E-state index in [0.29, 0.717) is 16.3 Å². The molecule has 0 saturated heterocycles. The van der Waals surface area contributed by atoms with Crippen molar-refractivity contribution >= 4 is 27.5 Å². The molecule has 0 heterocycles. The molecular formula is C13H9BrClFO. The van der Waals surface area contributed by atoms with E-state index < -0.39 is 0 Å². The normalized spacial score (nSPS) is 10.3. The van der Waals surface area contributed by atoms with Crippen LogP contribution in [0.25, 0.3) is 0 Å². The lowest BCUT2D eigenvalue weighted by Crippen LogP contribution is -1.98. The zero-order chi connectivity index (χ0) is 12.3. The first-order chi connectivity index (χ1) is 8.16. The highest BCUT2D eigenvalue weighted by Crippen LogP contribution is 2.28. The molecule has 0 amide bonds. The van der Waals surface area contributed by atoms with Gasteiger partial charge in [0.25, 0.3) is 0 Å². The van der Waals surface area contributed by atoms with E-state index >= 15 is 0 Å². The molecule has 0 unspecified atom stereocenters. The predicted molar refractivity (Wildman–Crippen MR) is 69.9 cm³/mol. The van der Waals surface area contributed by atoms with E-state index in [9.17, 15) is 4.39 Å². The summed E-state index contributed by atoms with van der Waals surface area (Å²) in [4.78, 5) is 0. The van der Waals surface area contributed by atoms with Crippen LogP contribution in [0.2, 0.25) is 5.02 Å². The molecule has 1 nitrogen and oxygen atoms in total. The van der Waals surface area contributed by atoms with Crippen LogP contribution in [0.15, 0.2) is 46.9 Å². The summed E-state index contributed by atoms with van der Waals surface area (Å²) in [7, 11) is 0. The fourth-order valence-corrected chi connectivity index (χ4v) is 2.09. The van der Waals surface area contributed by atoms with Crippen molar-refractivity contribution in [1.29, 1.82) is 0 Å². The monoisotopic (exact) mass is 314 g/mol. The van der Waals surface area contributed by atoms with Crippen LogP contribution in [0.3, 0.4) is 0 Å². The number of hydrogen-bond acceptors (Lipinski definition) is 1. The van der Waals surface area contributed by atoms with Crippen molar-refractivity contribution in [3.63, 3.8) is 0 Å². The van der Waals surface area contributed by atoms with Gasteiger partial charge in [-0.15, -0.1) is 0 Å². The lowest BCUT2D eigenvalue weighted by atomic mass is 10.2. The standard InChI is InChI=1S/C13H9BrClFO/c14-10-5-6-13(11(15)7-10)17-8-9-3-1-2-4-12(9)16/h1-7H,8H2. The van der Waals surface area contributed by atoms with Crippen LogP contribution in [-0.4, -0.2) is 0 Å². The Morgan fingerprint density at radius 2 is 1.94 bits per heavy atom. The van der Waals surface area contributed by atoms with E-state index in [-0.39, 0.29) is 12.4 Å². The van der Waals surface area contributed by atoms with E-state index in [1.807, 2.05) is 6.07 Å². The summed E-state index contributed by atoms with van der Waals surface area (Å²) in [5.74, 6) is 0.263. The number of benzene rings is 2. The van der Waals surface area contributed by atoms with Crippen LogP contribution in [0, 0.1) is 5.82 Å². The molecule has 0 spiro atoms. The van der Waals surface area contributed by atoms with Crippen LogP contribution in [-0.2, 0) is 6.61 Å². The van der Waals surface area contributed by atoms with E-state index in [1.54, 1.807) is 30.3 Å². The van der Waals surface area contributed by atoms with Crippen LogP contribution >= 0.6 is 27.5 Å². The van der Waals surface area contributed by atoms with Crippen molar-refractivity contribution in [1.82, 2.24) is 0 Å². The molecular weight excluding hydrogens is 306 g/mol.